The maximum atomic E-state index is 12.2. The predicted molar refractivity (Wildman–Crippen MR) is 102 cm³/mol. The SMILES string of the molecule is Cc1cc(=O)[nH]c2cc(NC(=O)NCc3cncn3CC(C)C)ccc12. The van der Waals surface area contributed by atoms with Gasteiger partial charge in [0, 0.05) is 29.9 Å². The second kappa shape index (κ2) is 7.43. The Bertz CT molecular complexity index is 987. The summed E-state index contributed by atoms with van der Waals surface area (Å²) in [6.07, 6.45) is 3.53. The number of H-pyrrole nitrogens is 1. The number of anilines is 1. The zero-order valence-corrected chi connectivity index (χ0v) is 15.2. The Morgan fingerprint density at radius 3 is 2.88 bits per heavy atom. The number of urea groups is 1. The fraction of sp³-hybridized carbons (Fsp3) is 0.316. The van der Waals surface area contributed by atoms with Crippen LogP contribution in [0.15, 0.2) is 41.6 Å². The van der Waals surface area contributed by atoms with Gasteiger partial charge in [0.15, 0.2) is 0 Å². The molecule has 2 aromatic heterocycles. The Balaban J connectivity index is 1.66. The van der Waals surface area contributed by atoms with Gasteiger partial charge in [-0.25, -0.2) is 9.78 Å². The molecule has 136 valence electrons. The number of hydrogen-bond acceptors (Lipinski definition) is 3. The van der Waals surface area contributed by atoms with Crippen LogP contribution in [0.4, 0.5) is 10.5 Å². The Morgan fingerprint density at radius 2 is 2.12 bits per heavy atom. The molecule has 3 rings (SSSR count). The van der Waals surface area contributed by atoms with Gasteiger partial charge in [-0.15, -0.1) is 0 Å². The maximum Gasteiger partial charge on any atom is 0.319 e. The van der Waals surface area contributed by atoms with Gasteiger partial charge in [-0.05, 0) is 30.5 Å². The molecule has 3 aromatic rings. The molecule has 7 heteroatoms. The zero-order chi connectivity index (χ0) is 18.7. The van der Waals surface area contributed by atoms with E-state index in [1.807, 2.05) is 23.6 Å². The molecule has 0 bridgehead atoms. The highest BCUT2D eigenvalue weighted by atomic mass is 16.2. The molecule has 0 saturated heterocycles. The molecule has 2 heterocycles. The van der Waals surface area contributed by atoms with Crippen LogP contribution in [0.1, 0.15) is 25.1 Å². The summed E-state index contributed by atoms with van der Waals surface area (Å²) >= 11 is 0. The molecule has 0 aliphatic carbocycles. The number of nitrogens with zero attached hydrogens (tertiary/aromatic N) is 2. The maximum absolute atomic E-state index is 12.2. The number of imidazole rings is 1. The van der Waals surface area contributed by atoms with Crippen molar-refractivity contribution in [1.82, 2.24) is 19.9 Å². The number of pyridine rings is 1. The van der Waals surface area contributed by atoms with Crippen molar-refractivity contribution in [2.75, 3.05) is 5.32 Å². The highest BCUT2D eigenvalue weighted by Crippen LogP contribution is 2.19. The fourth-order valence-corrected chi connectivity index (χ4v) is 2.91. The number of nitrogens with one attached hydrogen (secondary N) is 3. The summed E-state index contributed by atoms with van der Waals surface area (Å²) in [5.74, 6) is 0.500. The number of hydrogen-bond donors (Lipinski definition) is 3. The third-order valence-corrected chi connectivity index (χ3v) is 4.10. The zero-order valence-electron chi connectivity index (χ0n) is 15.2. The first kappa shape index (κ1) is 17.7. The molecule has 0 atom stereocenters. The van der Waals surface area contributed by atoms with Crippen LogP contribution >= 0.6 is 0 Å². The van der Waals surface area contributed by atoms with E-state index in [4.69, 9.17) is 0 Å². The van der Waals surface area contributed by atoms with Crippen LogP contribution in [-0.2, 0) is 13.1 Å². The van der Waals surface area contributed by atoms with E-state index in [9.17, 15) is 9.59 Å². The second-order valence-corrected chi connectivity index (χ2v) is 6.82. The van der Waals surface area contributed by atoms with E-state index in [-0.39, 0.29) is 11.6 Å². The quantitative estimate of drug-likeness (QED) is 0.658. The molecule has 26 heavy (non-hydrogen) atoms. The van der Waals surface area contributed by atoms with E-state index >= 15 is 0 Å². The summed E-state index contributed by atoms with van der Waals surface area (Å²) in [5.41, 5.74) is 3.01. The van der Waals surface area contributed by atoms with Crippen LogP contribution in [0, 0.1) is 12.8 Å². The van der Waals surface area contributed by atoms with Crippen molar-refractivity contribution in [1.29, 1.82) is 0 Å². The van der Waals surface area contributed by atoms with Crippen LogP contribution < -0.4 is 16.2 Å². The smallest absolute Gasteiger partial charge is 0.319 e. The van der Waals surface area contributed by atoms with Gasteiger partial charge in [-0.2, -0.15) is 0 Å². The summed E-state index contributed by atoms with van der Waals surface area (Å²) < 4.78 is 2.04. The van der Waals surface area contributed by atoms with Crippen molar-refractivity contribution in [2.45, 2.75) is 33.9 Å². The largest absolute Gasteiger partial charge is 0.333 e. The summed E-state index contributed by atoms with van der Waals surface area (Å²) in [7, 11) is 0. The molecule has 3 N–H and O–H groups in total. The normalized spacial score (nSPS) is 11.1. The third kappa shape index (κ3) is 4.11. The summed E-state index contributed by atoms with van der Waals surface area (Å²) in [4.78, 5) is 30.7. The van der Waals surface area contributed by atoms with Crippen molar-refractivity contribution >= 4 is 22.6 Å². The van der Waals surface area contributed by atoms with Gasteiger partial charge in [0.05, 0.1) is 24.1 Å². The van der Waals surface area contributed by atoms with E-state index in [0.29, 0.717) is 23.7 Å². The number of amides is 2. The van der Waals surface area contributed by atoms with E-state index < -0.39 is 0 Å². The van der Waals surface area contributed by atoms with Crippen LogP contribution in [0.5, 0.6) is 0 Å². The van der Waals surface area contributed by atoms with Crippen LogP contribution in [0.2, 0.25) is 0 Å². The number of carbonyl (C=O) groups excluding carboxylic acids is 1. The lowest BCUT2D eigenvalue weighted by molar-refractivity contribution is 0.251. The summed E-state index contributed by atoms with van der Waals surface area (Å²) in [6.45, 7) is 7.40. The monoisotopic (exact) mass is 353 g/mol. The van der Waals surface area contributed by atoms with Gasteiger partial charge >= 0.3 is 6.03 Å². The molecule has 0 radical (unpaired) electrons. The Morgan fingerprint density at radius 1 is 1.31 bits per heavy atom. The highest BCUT2D eigenvalue weighted by Gasteiger charge is 2.08. The molecular weight excluding hydrogens is 330 g/mol. The molecular formula is C19H23N5O2. The summed E-state index contributed by atoms with van der Waals surface area (Å²) in [5, 5.41) is 6.58. The van der Waals surface area contributed by atoms with Crippen LogP contribution in [0.25, 0.3) is 10.9 Å². The van der Waals surface area contributed by atoms with Crippen molar-refractivity contribution in [3.05, 3.63) is 58.4 Å². The van der Waals surface area contributed by atoms with Gasteiger partial charge < -0.3 is 20.2 Å². The number of aromatic amines is 1. The van der Waals surface area contributed by atoms with Crippen molar-refractivity contribution in [2.24, 2.45) is 5.92 Å². The molecule has 7 nitrogen and oxygen atoms in total. The van der Waals surface area contributed by atoms with E-state index in [0.717, 1.165) is 23.2 Å². The van der Waals surface area contributed by atoms with Crippen molar-refractivity contribution in [3.8, 4) is 0 Å². The second-order valence-electron chi connectivity index (χ2n) is 6.82. The van der Waals surface area contributed by atoms with Gasteiger partial charge in [0.1, 0.15) is 0 Å². The number of aryl methyl sites for hydroxylation is 1. The molecule has 0 fully saturated rings. The number of benzene rings is 1. The van der Waals surface area contributed by atoms with Crippen LogP contribution in [-0.4, -0.2) is 20.6 Å². The molecule has 0 aliphatic heterocycles. The predicted octanol–water partition coefficient (Wildman–Crippen LogP) is 3.01. The van der Waals surface area contributed by atoms with Crippen molar-refractivity contribution < 1.29 is 4.79 Å². The average Bonchev–Trinajstić information content (AvgIpc) is 2.98. The third-order valence-electron chi connectivity index (χ3n) is 4.10. The molecule has 0 unspecified atom stereocenters. The number of carbonyl (C=O) groups is 1. The average molecular weight is 353 g/mol. The van der Waals surface area contributed by atoms with Gasteiger partial charge in [0.25, 0.3) is 0 Å². The lowest BCUT2D eigenvalue weighted by atomic mass is 10.1. The highest BCUT2D eigenvalue weighted by molar-refractivity contribution is 5.93. The lowest BCUT2D eigenvalue weighted by Crippen LogP contribution is -2.29. The first-order valence-electron chi connectivity index (χ1n) is 8.60. The first-order chi connectivity index (χ1) is 12.4. The van der Waals surface area contributed by atoms with E-state index in [2.05, 4.69) is 34.4 Å². The minimum Gasteiger partial charge on any atom is -0.333 e. The summed E-state index contributed by atoms with van der Waals surface area (Å²) in [6, 6.07) is 6.70. The standard InChI is InChI=1S/C19H23N5O2/c1-12(2)10-24-11-20-8-15(24)9-21-19(26)22-14-4-5-16-13(3)6-18(25)23-17(16)7-14/h4-8,11-12H,9-10H2,1-3H3,(H,23,25)(H2,21,22,26). The minimum absolute atomic E-state index is 0.157. The molecule has 0 aliphatic rings. The molecule has 2 amide bonds. The van der Waals surface area contributed by atoms with Gasteiger partial charge in [-0.3, -0.25) is 4.79 Å². The molecule has 1 aromatic carbocycles. The minimum atomic E-state index is -0.309. The first-order valence-corrected chi connectivity index (χ1v) is 8.60. The number of aromatic nitrogens is 3. The molecule has 0 saturated carbocycles. The molecule has 0 spiro atoms. The van der Waals surface area contributed by atoms with Crippen LogP contribution in [0.3, 0.4) is 0 Å². The Kier molecular flexibility index (Phi) is 5.06. The fourth-order valence-electron chi connectivity index (χ4n) is 2.91. The Hall–Kier alpha value is -3.09. The van der Waals surface area contributed by atoms with Crippen molar-refractivity contribution in [3.63, 3.8) is 0 Å². The lowest BCUT2D eigenvalue weighted by Gasteiger charge is -2.12. The Labute approximate surface area is 151 Å². The topological polar surface area (TPSA) is 91.8 Å². The van der Waals surface area contributed by atoms with E-state index in [1.54, 1.807) is 24.7 Å². The van der Waals surface area contributed by atoms with Gasteiger partial charge in [0.2, 0.25) is 5.56 Å². The number of fused-ring (bicyclic) bond motifs is 1. The van der Waals surface area contributed by atoms with E-state index in [1.165, 1.54) is 0 Å². The van der Waals surface area contributed by atoms with Gasteiger partial charge in [-0.1, -0.05) is 19.9 Å². The number of rotatable bonds is 5.